The van der Waals surface area contributed by atoms with E-state index in [0.29, 0.717) is 30.4 Å². The van der Waals surface area contributed by atoms with Crippen LogP contribution in [0.5, 0.6) is 11.5 Å². The zero-order valence-corrected chi connectivity index (χ0v) is 14.3. The fourth-order valence-corrected chi connectivity index (χ4v) is 2.91. The molecule has 1 aliphatic rings. The predicted octanol–water partition coefficient (Wildman–Crippen LogP) is 4.53. The molecule has 0 atom stereocenters. The normalized spacial score (nSPS) is 14.8. The molecule has 0 amide bonds. The number of benzene rings is 2. The highest BCUT2D eigenvalue weighted by molar-refractivity contribution is 6.17. The van der Waals surface area contributed by atoms with E-state index in [-0.39, 0.29) is 5.78 Å². The molecule has 1 aliphatic carbocycles. The Hall–Kier alpha value is -2.26. The molecule has 3 rings (SSSR count). The fourth-order valence-electron chi connectivity index (χ4n) is 2.80. The Morgan fingerprint density at radius 3 is 2.75 bits per heavy atom. The Bertz CT molecular complexity index is 780. The third kappa shape index (κ3) is 3.46. The highest BCUT2D eigenvalue weighted by Crippen LogP contribution is 2.31. The monoisotopic (exact) mass is 342 g/mol. The second kappa shape index (κ2) is 7.54. The number of hydrogen-bond donors (Lipinski definition) is 0. The third-order valence-electron chi connectivity index (χ3n) is 4.00. The molecule has 0 bridgehead atoms. The van der Waals surface area contributed by atoms with E-state index in [4.69, 9.17) is 21.1 Å². The van der Waals surface area contributed by atoms with Gasteiger partial charge in [-0.25, -0.2) is 0 Å². The summed E-state index contributed by atoms with van der Waals surface area (Å²) in [7, 11) is 1.61. The van der Waals surface area contributed by atoms with Crippen LogP contribution in [0.1, 0.15) is 27.9 Å². The lowest BCUT2D eigenvalue weighted by Gasteiger charge is -2.11. The molecule has 124 valence electrons. The van der Waals surface area contributed by atoms with Crippen molar-refractivity contribution < 1.29 is 14.3 Å². The summed E-state index contributed by atoms with van der Waals surface area (Å²) < 4.78 is 11.1. The first-order chi connectivity index (χ1) is 11.7. The van der Waals surface area contributed by atoms with Crippen molar-refractivity contribution in [3.05, 3.63) is 64.7 Å². The lowest BCUT2D eigenvalue weighted by atomic mass is 10.1. The lowest BCUT2D eigenvalue weighted by molar-refractivity contribution is 0.104. The van der Waals surface area contributed by atoms with Crippen LogP contribution in [0.4, 0.5) is 0 Å². The van der Waals surface area contributed by atoms with E-state index < -0.39 is 0 Å². The standard InChI is InChI=1S/C20H19ClO3/c1-23-19-12-14(7-8-18(19)24-10-4-9-21)11-16-13-15-5-2-3-6-17(15)20(16)22/h2-3,5-8,11-12H,4,9-10,13H2,1H3/b16-11+. The smallest absolute Gasteiger partial charge is 0.189 e. The number of carbonyl (C=O) groups is 1. The number of carbonyl (C=O) groups excluding carboxylic acids is 1. The molecular formula is C20H19ClO3. The predicted molar refractivity (Wildman–Crippen MR) is 96.3 cm³/mol. The Morgan fingerprint density at radius 1 is 1.17 bits per heavy atom. The summed E-state index contributed by atoms with van der Waals surface area (Å²) in [6.07, 6.45) is 3.38. The van der Waals surface area contributed by atoms with Gasteiger partial charge in [-0.1, -0.05) is 30.3 Å². The molecule has 0 radical (unpaired) electrons. The van der Waals surface area contributed by atoms with E-state index in [1.807, 2.05) is 48.5 Å². The van der Waals surface area contributed by atoms with E-state index >= 15 is 0 Å². The minimum atomic E-state index is 0.104. The van der Waals surface area contributed by atoms with Gasteiger partial charge in [-0.15, -0.1) is 11.6 Å². The van der Waals surface area contributed by atoms with Gasteiger partial charge >= 0.3 is 0 Å². The molecule has 0 unspecified atom stereocenters. The number of fused-ring (bicyclic) bond motifs is 1. The minimum absolute atomic E-state index is 0.104. The van der Waals surface area contributed by atoms with Crippen molar-refractivity contribution in [3.8, 4) is 11.5 Å². The molecule has 0 N–H and O–H groups in total. The largest absolute Gasteiger partial charge is 0.493 e. The van der Waals surface area contributed by atoms with Crippen molar-refractivity contribution in [2.45, 2.75) is 12.8 Å². The van der Waals surface area contributed by atoms with Gasteiger partial charge in [0.2, 0.25) is 0 Å². The van der Waals surface area contributed by atoms with Gasteiger partial charge in [0.05, 0.1) is 13.7 Å². The number of rotatable bonds is 6. The van der Waals surface area contributed by atoms with Crippen molar-refractivity contribution in [3.63, 3.8) is 0 Å². The van der Waals surface area contributed by atoms with Crippen LogP contribution in [0.25, 0.3) is 6.08 Å². The van der Waals surface area contributed by atoms with Crippen LogP contribution in [0.3, 0.4) is 0 Å². The highest BCUT2D eigenvalue weighted by atomic mass is 35.5. The Labute approximate surface area is 146 Å². The maximum Gasteiger partial charge on any atom is 0.189 e. The Balaban J connectivity index is 1.82. The molecule has 3 nitrogen and oxygen atoms in total. The van der Waals surface area contributed by atoms with E-state index in [9.17, 15) is 4.79 Å². The maximum atomic E-state index is 12.5. The van der Waals surface area contributed by atoms with Crippen molar-refractivity contribution in [1.82, 2.24) is 0 Å². The van der Waals surface area contributed by atoms with Gasteiger partial charge in [-0.2, -0.15) is 0 Å². The van der Waals surface area contributed by atoms with Gasteiger partial charge in [0, 0.05) is 23.4 Å². The number of Topliss-reactive ketones (excluding diaryl/α,β-unsaturated/α-hetero) is 1. The molecular weight excluding hydrogens is 324 g/mol. The maximum absolute atomic E-state index is 12.5. The second-order valence-electron chi connectivity index (χ2n) is 5.63. The zero-order chi connectivity index (χ0) is 16.9. The van der Waals surface area contributed by atoms with Crippen molar-refractivity contribution >= 4 is 23.5 Å². The number of ketones is 1. The number of halogens is 1. The van der Waals surface area contributed by atoms with Gasteiger partial charge in [-0.05, 0) is 35.8 Å². The minimum Gasteiger partial charge on any atom is -0.493 e. The van der Waals surface area contributed by atoms with Crippen molar-refractivity contribution in [2.75, 3.05) is 19.6 Å². The van der Waals surface area contributed by atoms with E-state index in [1.165, 1.54) is 0 Å². The number of methoxy groups -OCH3 is 1. The van der Waals surface area contributed by atoms with Gasteiger partial charge in [-0.3, -0.25) is 4.79 Å². The Morgan fingerprint density at radius 2 is 2.00 bits per heavy atom. The molecule has 0 spiro atoms. The number of allylic oxidation sites excluding steroid dienone is 1. The van der Waals surface area contributed by atoms with Gasteiger partial charge in [0.1, 0.15) is 0 Å². The molecule has 0 saturated heterocycles. The van der Waals surface area contributed by atoms with Crippen LogP contribution in [-0.2, 0) is 6.42 Å². The molecule has 2 aromatic carbocycles. The second-order valence-corrected chi connectivity index (χ2v) is 6.01. The molecule has 4 heteroatoms. The van der Waals surface area contributed by atoms with Crippen LogP contribution < -0.4 is 9.47 Å². The van der Waals surface area contributed by atoms with Crippen molar-refractivity contribution in [2.24, 2.45) is 0 Å². The first-order valence-electron chi connectivity index (χ1n) is 7.93. The van der Waals surface area contributed by atoms with Crippen LogP contribution >= 0.6 is 11.6 Å². The average molecular weight is 343 g/mol. The molecule has 0 aliphatic heterocycles. The molecule has 2 aromatic rings. The summed E-state index contributed by atoms with van der Waals surface area (Å²) in [5.41, 5.74) is 3.61. The van der Waals surface area contributed by atoms with Gasteiger partial charge in [0.25, 0.3) is 0 Å². The third-order valence-corrected chi connectivity index (χ3v) is 4.27. The van der Waals surface area contributed by atoms with Crippen LogP contribution in [-0.4, -0.2) is 25.4 Å². The Kier molecular flexibility index (Phi) is 5.21. The lowest BCUT2D eigenvalue weighted by Crippen LogP contribution is -2.00. The zero-order valence-electron chi connectivity index (χ0n) is 13.5. The SMILES string of the molecule is COc1cc(/C=C2\Cc3ccccc3C2=O)ccc1OCCCCl. The van der Waals surface area contributed by atoms with E-state index in [0.717, 1.165) is 28.7 Å². The van der Waals surface area contributed by atoms with Crippen molar-refractivity contribution in [1.29, 1.82) is 0 Å². The number of ether oxygens (including phenoxy) is 2. The summed E-state index contributed by atoms with van der Waals surface area (Å²) >= 11 is 5.66. The summed E-state index contributed by atoms with van der Waals surface area (Å²) in [6.45, 7) is 0.550. The van der Waals surface area contributed by atoms with Crippen LogP contribution in [0, 0.1) is 0 Å². The van der Waals surface area contributed by atoms with Gasteiger partial charge < -0.3 is 9.47 Å². The van der Waals surface area contributed by atoms with E-state index in [1.54, 1.807) is 7.11 Å². The molecule has 0 aromatic heterocycles. The average Bonchev–Trinajstić information content (AvgIpc) is 2.92. The fraction of sp³-hybridized carbons (Fsp3) is 0.250. The quantitative estimate of drug-likeness (QED) is 0.439. The summed E-state index contributed by atoms with van der Waals surface area (Å²) in [5.74, 6) is 2.01. The molecule has 0 saturated carbocycles. The molecule has 24 heavy (non-hydrogen) atoms. The number of alkyl halides is 1. The summed E-state index contributed by atoms with van der Waals surface area (Å²) in [4.78, 5) is 12.5. The van der Waals surface area contributed by atoms with Gasteiger partial charge in [0.15, 0.2) is 17.3 Å². The van der Waals surface area contributed by atoms with E-state index in [2.05, 4.69) is 0 Å². The van der Waals surface area contributed by atoms with Crippen LogP contribution in [0.2, 0.25) is 0 Å². The first-order valence-corrected chi connectivity index (χ1v) is 8.46. The summed E-state index contributed by atoms with van der Waals surface area (Å²) in [5, 5.41) is 0. The topological polar surface area (TPSA) is 35.5 Å². The highest BCUT2D eigenvalue weighted by Gasteiger charge is 2.23. The van der Waals surface area contributed by atoms with Crippen LogP contribution in [0.15, 0.2) is 48.0 Å². The summed E-state index contributed by atoms with van der Waals surface area (Å²) in [6, 6.07) is 13.4. The number of hydrogen-bond acceptors (Lipinski definition) is 3. The molecule has 0 heterocycles. The first kappa shape index (κ1) is 16.6. The molecule has 0 fully saturated rings.